The Morgan fingerprint density at radius 1 is 1.21 bits per heavy atom. The molecule has 0 spiro atoms. The van der Waals surface area contributed by atoms with E-state index < -0.39 is 0 Å². The summed E-state index contributed by atoms with van der Waals surface area (Å²) >= 11 is 0. The Balaban J connectivity index is 1.53. The number of hydrogen-bond acceptors (Lipinski definition) is 5. The van der Waals surface area contributed by atoms with E-state index in [0.29, 0.717) is 0 Å². The SMILES string of the molecule is CNc1nc([C@H]2CCCN2C(C)=O)nc2c1CCN(CCc1ccccc1)C2. The van der Waals surface area contributed by atoms with Gasteiger partial charge in [0.2, 0.25) is 5.91 Å². The van der Waals surface area contributed by atoms with Crippen LogP contribution in [0.15, 0.2) is 30.3 Å². The molecule has 4 rings (SSSR count). The number of nitrogens with one attached hydrogen (secondary N) is 1. The predicted octanol–water partition coefficient (Wildman–Crippen LogP) is 2.80. The molecule has 2 aromatic rings. The van der Waals surface area contributed by atoms with E-state index in [-0.39, 0.29) is 11.9 Å². The molecule has 2 aliphatic heterocycles. The molecular weight excluding hydrogens is 350 g/mol. The molecule has 1 atom stereocenters. The van der Waals surface area contributed by atoms with Crippen molar-refractivity contribution >= 4 is 11.7 Å². The summed E-state index contributed by atoms with van der Waals surface area (Å²) in [4.78, 5) is 26.1. The first kappa shape index (κ1) is 18.9. The number of aromatic nitrogens is 2. The van der Waals surface area contributed by atoms with Gasteiger partial charge in [0.15, 0.2) is 5.82 Å². The second-order valence-electron chi connectivity index (χ2n) is 7.74. The molecule has 1 saturated heterocycles. The first-order valence-electron chi connectivity index (χ1n) is 10.3. The monoisotopic (exact) mass is 379 g/mol. The van der Waals surface area contributed by atoms with Crippen molar-refractivity contribution in [1.29, 1.82) is 0 Å². The second-order valence-corrected chi connectivity index (χ2v) is 7.74. The zero-order valence-electron chi connectivity index (χ0n) is 16.8. The summed E-state index contributed by atoms with van der Waals surface area (Å²) in [5.41, 5.74) is 3.72. The Hall–Kier alpha value is -2.47. The number of amides is 1. The molecule has 1 aromatic carbocycles. The van der Waals surface area contributed by atoms with E-state index in [0.717, 1.165) is 69.2 Å². The van der Waals surface area contributed by atoms with E-state index in [1.807, 2.05) is 11.9 Å². The Morgan fingerprint density at radius 3 is 2.79 bits per heavy atom. The van der Waals surface area contributed by atoms with Crippen LogP contribution in [-0.2, 0) is 24.2 Å². The van der Waals surface area contributed by atoms with Crippen molar-refractivity contribution in [2.75, 3.05) is 32.0 Å². The van der Waals surface area contributed by atoms with Gasteiger partial charge in [0, 0.05) is 45.7 Å². The van der Waals surface area contributed by atoms with E-state index in [1.165, 1.54) is 11.1 Å². The van der Waals surface area contributed by atoms with Crippen LogP contribution in [0.2, 0.25) is 0 Å². The van der Waals surface area contributed by atoms with Gasteiger partial charge in [-0.2, -0.15) is 0 Å². The lowest BCUT2D eigenvalue weighted by Crippen LogP contribution is -2.35. The minimum atomic E-state index is 0.00888. The van der Waals surface area contributed by atoms with Crippen molar-refractivity contribution in [2.45, 2.75) is 45.2 Å². The number of anilines is 1. The van der Waals surface area contributed by atoms with Gasteiger partial charge in [0.1, 0.15) is 5.82 Å². The zero-order chi connectivity index (χ0) is 19.5. The van der Waals surface area contributed by atoms with Crippen molar-refractivity contribution in [3.63, 3.8) is 0 Å². The van der Waals surface area contributed by atoms with Gasteiger partial charge < -0.3 is 10.2 Å². The van der Waals surface area contributed by atoms with Crippen LogP contribution in [0.3, 0.4) is 0 Å². The van der Waals surface area contributed by atoms with Crippen LogP contribution >= 0.6 is 0 Å². The van der Waals surface area contributed by atoms with Gasteiger partial charge in [-0.1, -0.05) is 30.3 Å². The van der Waals surface area contributed by atoms with Gasteiger partial charge in [-0.25, -0.2) is 9.97 Å². The number of rotatable bonds is 5. The predicted molar refractivity (Wildman–Crippen MR) is 110 cm³/mol. The molecule has 6 heteroatoms. The highest BCUT2D eigenvalue weighted by molar-refractivity contribution is 5.74. The van der Waals surface area contributed by atoms with E-state index in [1.54, 1.807) is 6.92 Å². The van der Waals surface area contributed by atoms with Crippen molar-refractivity contribution in [1.82, 2.24) is 19.8 Å². The van der Waals surface area contributed by atoms with Crippen molar-refractivity contribution in [3.05, 3.63) is 53.0 Å². The maximum Gasteiger partial charge on any atom is 0.220 e. The van der Waals surface area contributed by atoms with Gasteiger partial charge in [-0.3, -0.25) is 9.69 Å². The first-order chi connectivity index (χ1) is 13.7. The smallest absolute Gasteiger partial charge is 0.220 e. The average Bonchev–Trinajstić information content (AvgIpc) is 3.22. The minimum absolute atomic E-state index is 0.00888. The molecule has 2 aliphatic rings. The van der Waals surface area contributed by atoms with Crippen LogP contribution in [-0.4, -0.2) is 52.4 Å². The first-order valence-corrected chi connectivity index (χ1v) is 10.3. The summed E-state index contributed by atoms with van der Waals surface area (Å²) in [7, 11) is 1.92. The molecular formula is C22H29N5O. The quantitative estimate of drug-likeness (QED) is 0.866. The summed E-state index contributed by atoms with van der Waals surface area (Å²) in [6, 6.07) is 10.6. The number of fused-ring (bicyclic) bond motifs is 1. The van der Waals surface area contributed by atoms with Gasteiger partial charge in [-0.05, 0) is 31.2 Å². The second kappa shape index (κ2) is 8.27. The Kier molecular flexibility index (Phi) is 5.57. The fourth-order valence-corrected chi connectivity index (χ4v) is 4.39. The van der Waals surface area contributed by atoms with Crippen LogP contribution in [0.5, 0.6) is 0 Å². The topological polar surface area (TPSA) is 61.4 Å². The van der Waals surface area contributed by atoms with Crippen LogP contribution in [0.1, 0.15) is 48.5 Å². The number of carbonyl (C=O) groups excluding carboxylic acids is 1. The number of hydrogen-bond donors (Lipinski definition) is 1. The number of likely N-dealkylation sites (tertiary alicyclic amines) is 1. The van der Waals surface area contributed by atoms with E-state index in [9.17, 15) is 4.79 Å². The van der Waals surface area contributed by atoms with Gasteiger partial charge in [0.05, 0.1) is 11.7 Å². The standard InChI is InChI=1S/C22H29N5O/c1-16(28)27-12-6-9-20(27)22-24-19-15-26(13-10-17-7-4-3-5-8-17)14-11-18(19)21(23-2)25-22/h3-5,7-8,20H,6,9-15H2,1-2H3,(H,23,24,25)/t20-/m1/s1. The molecule has 28 heavy (non-hydrogen) atoms. The summed E-state index contributed by atoms with van der Waals surface area (Å²) in [6.45, 7) is 5.35. The molecule has 3 heterocycles. The van der Waals surface area contributed by atoms with Gasteiger partial charge in [0.25, 0.3) is 0 Å². The van der Waals surface area contributed by atoms with Crippen molar-refractivity contribution in [3.8, 4) is 0 Å². The lowest BCUT2D eigenvalue weighted by Gasteiger charge is -2.30. The third-order valence-corrected chi connectivity index (χ3v) is 5.91. The molecule has 0 saturated carbocycles. The molecule has 1 amide bonds. The Labute approximate surface area is 167 Å². The average molecular weight is 380 g/mol. The normalized spacial score (nSPS) is 19.5. The molecule has 148 valence electrons. The minimum Gasteiger partial charge on any atom is -0.373 e. The molecule has 0 aliphatic carbocycles. The molecule has 0 bridgehead atoms. The summed E-state index contributed by atoms with van der Waals surface area (Å²) in [5.74, 6) is 1.83. The van der Waals surface area contributed by atoms with E-state index in [4.69, 9.17) is 9.97 Å². The molecule has 0 radical (unpaired) electrons. The van der Waals surface area contributed by atoms with Crippen LogP contribution in [0.25, 0.3) is 0 Å². The zero-order valence-corrected chi connectivity index (χ0v) is 16.8. The summed E-state index contributed by atoms with van der Waals surface area (Å²) < 4.78 is 0. The lowest BCUT2D eigenvalue weighted by atomic mass is 10.0. The number of carbonyl (C=O) groups is 1. The maximum atomic E-state index is 12.0. The third-order valence-electron chi connectivity index (χ3n) is 5.91. The highest BCUT2D eigenvalue weighted by Crippen LogP contribution is 2.33. The van der Waals surface area contributed by atoms with E-state index >= 15 is 0 Å². The van der Waals surface area contributed by atoms with Crippen molar-refractivity contribution < 1.29 is 4.79 Å². The van der Waals surface area contributed by atoms with Crippen molar-refractivity contribution in [2.24, 2.45) is 0 Å². The van der Waals surface area contributed by atoms with Gasteiger partial charge in [-0.15, -0.1) is 0 Å². The third kappa shape index (κ3) is 3.87. The number of benzene rings is 1. The fourth-order valence-electron chi connectivity index (χ4n) is 4.39. The Morgan fingerprint density at radius 2 is 2.04 bits per heavy atom. The highest BCUT2D eigenvalue weighted by atomic mass is 16.2. The lowest BCUT2D eigenvalue weighted by molar-refractivity contribution is -0.129. The van der Waals surface area contributed by atoms with Crippen LogP contribution in [0.4, 0.5) is 5.82 Å². The summed E-state index contributed by atoms with van der Waals surface area (Å²) in [6.07, 6.45) is 3.97. The molecule has 1 aromatic heterocycles. The van der Waals surface area contributed by atoms with Crippen LogP contribution in [0, 0.1) is 0 Å². The maximum absolute atomic E-state index is 12.0. The molecule has 0 unspecified atom stereocenters. The largest absolute Gasteiger partial charge is 0.373 e. The molecule has 1 N–H and O–H groups in total. The molecule has 6 nitrogen and oxygen atoms in total. The number of nitrogens with zero attached hydrogens (tertiary/aromatic N) is 4. The Bertz CT molecular complexity index is 838. The fraction of sp³-hybridized carbons (Fsp3) is 0.500. The molecule has 1 fully saturated rings. The van der Waals surface area contributed by atoms with E-state index in [2.05, 4.69) is 40.5 Å². The van der Waals surface area contributed by atoms with Crippen LogP contribution < -0.4 is 5.32 Å². The summed E-state index contributed by atoms with van der Waals surface area (Å²) in [5, 5.41) is 3.26. The van der Waals surface area contributed by atoms with Gasteiger partial charge >= 0.3 is 0 Å². The highest BCUT2D eigenvalue weighted by Gasteiger charge is 2.32.